The number of carbonyl (C=O) groups excluding carboxylic acids is 3. The number of Topliss-reactive ketones (excluding diaryl/α,β-unsaturated/α-hetero) is 1. The SMILES string of the molecule is CC(=O)CC(=O)Nc1cc(C(C)(C)C)sc1C(N)=O. The zero-order valence-corrected chi connectivity index (χ0v) is 12.3. The molecule has 0 fully saturated rings. The van der Waals surface area contributed by atoms with Gasteiger partial charge in [-0.05, 0) is 18.4 Å². The van der Waals surface area contributed by atoms with Crippen molar-refractivity contribution in [3.8, 4) is 0 Å². The van der Waals surface area contributed by atoms with Crippen LogP contribution in [0.3, 0.4) is 0 Å². The third-order valence-corrected chi connectivity index (χ3v) is 3.95. The topological polar surface area (TPSA) is 89.3 Å². The minimum atomic E-state index is -0.585. The molecule has 1 heterocycles. The van der Waals surface area contributed by atoms with Crippen molar-refractivity contribution in [3.63, 3.8) is 0 Å². The summed E-state index contributed by atoms with van der Waals surface area (Å²) in [5, 5.41) is 2.57. The molecule has 3 N–H and O–H groups in total. The minimum Gasteiger partial charge on any atom is -0.365 e. The predicted molar refractivity (Wildman–Crippen MR) is 75.5 cm³/mol. The Morgan fingerprint density at radius 3 is 2.32 bits per heavy atom. The lowest BCUT2D eigenvalue weighted by molar-refractivity contribution is -0.124. The number of ketones is 1. The van der Waals surface area contributed by atoms with Crippen LogP contribution in [0.1, 0.15) is 48.7 Å². The van der Waals surface area contributed by atoms with Crippen molar-refractivity contribution in [1.29, 1.82) is 0 Å². The highest BCUT2D eigenvalue weighted by molar-refractivity contribution is 7.14. The van der Waals surface area contributed by atoms with E-state index in [9.17, 15) is 14.4 Å². The molecule has 104 valence electrons. The van der Waals surface area contributed by atoms with Gasteiger partial charge in [0.05, 0.1) is 12.1 Å². The van der Waals surface area contributed by atoms with Crippen molar-refractivity contribution in [2.24, 2.45) is 5.73 Å². The first-order valence-corrected chi connectivity index (χ1v) is 6.66. The van der Waals surface area contributed by atoms with Crippen LogP contribution in [0.2, 0.25) is 0 Å². The summed E-state index contributed by atoms with van der Waals surface area (Å²) in [6.45, 7) is 7.35. The summed E-state index contributed by atoms with van der Waals surface area (Å²) in [5.41, 5.74) is 5.54. The summed E-state index contributed by atoms with van der Waals surface area (Å²) in [7, 11) is 0. The van der Waals surface area contributed by atoms with Gasteiger partial charge in [-0.3, -0.25) is 14.4 Å². The minimum absolute atomic E-state index is 0.140. The van der Waals surface area contributed by atoms with Crippen LogP contribution in [0.25, 0.3) is 0 Å². The Balaban J connectivity index is 3.05. The number of thiophene rings is 1. The Hall–Kier alpha value is -1.69. The molecular formula is C13H18N2O3S. The Kier molecular flexibility index (Phi) is 4.47. The first-order chi connectivity index (χ1) is 8.61. The van der Waals surface area contributed by atoms with E-state index in [0.717, 1.165) is 4.88 Å². The van der Waals surface area contributed by atoms with Crippen LogP contribution in [0.15, 0.2) is 6.07 Å². The maximum atomic E-state index is 11.6. The highest BCUT2D eigenvalue weighted by Gasteiger charge is 2.22. The van der Waals surface area contributed by atoms with Crippen molar-refractivity contribution < 1.29 is 14.4 Å². The van der Waals surface area contributed by atoms with Gasteiger partial charge in [-0.2, -0.15) is 0 Å². The molecule has 0 saturated carbocycles. The van der Waals surface area contributed by atoms with Gasteiger partial charge in [-0.25, -0.2) is 0 Å². The zero-order chi connectivity index (χ0) is 14.8. The first-order valence-electron chi connectivity index (χ1n) is 5.84. The Labute approximate surface area is 116 Å². The molecule has 6 heteroatoms. The molecule has 0 unspecified atom stereocenters. The normalized spacial score (nSPS) is 11.2. The largest absolute Gasteiger partial charge is 0.365 e. The van der Waals surface area contributed by atoms with E-state index in [0.29, 0.717) is 10.6 Å². The molecule has 0 bridgehead atoms. The molecule has 2 amide bonds. The van der Waals surface area contributed by atoms with Crippen molar-refractivity contribution in [2.45, 2.75) is 39.5 Å². The highest BCUT2D eigenvalue weighted by Crippen LogP contribution is 2.35. The molecule has 0 atom stereocenters. The second-order valence-corrected chi connectivity index (χ2v) is 6.45. The first kappa shape index (κ1) is 15.4. The summed E-state index contributed by atoms with van der Waals surface area (Å²) in [5.74, 6) is -1.25. The number of carbonyl (C=O) groups is 3. The van der Waals surface area contributed by atoms with Crippen LogP contribution >= 0.6 is 11.3 Å². The number of hydrogen-bond acceptors (Lipinski definition) is 4. The van der Waals surface area contributed by atoms with E-state index in [1.807, 2.05) is 20.8 Å². The van der Waals surface area contributed by atoms with Gasteiger partial charge < -0.3 is 11.1 Å². The number of nitrogens with one attached hydrogen (secondary N) is 1. The van der Waals surface area contributed by atoms with Crippen LogP contribution in [-0.4, -0.2) is 17.6 Å². The Bertz CT molecular complexity index is 526. The van der Waals surface area contributed by atoms with Crippen LogP contribution < -0.4 is 11.1 Å². The average molecular weight is 282 g/mol. The van der Waals surface area contributed by atoms with Crippen molar-refractivity contribution in [2.75, 3.05) is 5.32 Å². The molecule has 0 radical (unpaired) electrons. The van der Waals surface area contributed by atoms with Crippen molar-refractivity contribution >= 4 is 34.6 Å². The lowest BCUT2D eigenvalue weighted by Crippen LogP contribution is -2.17. The summed E-state index contributed by atoms with van der Waals surface area (Å²) in [4.78, 5) is 35.1. The lowest BCUT2D eigenvalue weighted by atomic mass is 9.94. The molecule has 0 aromatic carbocycles. The summed E-state index contributed by atoms with van der Waals surface area (Å²) < 4.78 is 0. The van der Waals surface area contributed by atoms with Gasteiger partial charge in [0.2, 0.25) is 5.91 Å². The van der Waals surface area contributed by atoms with E-state index < -0.39 is 11.8 Å². The predicted octanol–water partition coefficient (Wildman–Crippen LogP) is 2.06. The van der Waals surface area contributed by atoms with Gasteiger partial charge in [0.15, 0.2) is 0 Å². The van der Waals surface area contributed by atoms with E-state index in [1.54, 1.807) is 6.07 Å². The van der Waals surface area contributed by atoms with Crippen molar-refractivity contribution in [3.05, 3.63) is 15.8 Å². The maximum absolute atomic E-state index is 11.6. The molecule has 1 aromatic rings. The lowest BCUT2D eigenvalue weighted by Gasteiger charge is -2.15. The number of amides is 2. The second-order valence-electron chi connectivity index (χ2n) is 5.39. The van der Waals surface area contributed by atoms with Crippen LogP contribution in [0.5, 0.6) is 0 Å². The van der Waals surface area contributed by atoms with E-state index >= 15 is 0 Å². The van der Waals surface area contributed by atoms with Gasteiger partial charge in [0.1, 0.15) is 10.7 Å². The van der Waals surface area contributed by atoms with Gasteiger partial charge in [-0.15, -0.1) is 11.3 Å². The van der Waals surface area contributed by atoms with E-state index in [2.05, 4.69) is 5.32 Å². The van der Waals surface area contributed by atoms with E-state index in [-0.39, 0.29) is 17.6 Å². The second kappa shape index (κ2) is 5.52. The van der Waals surface area contributed by atoms with Gasteiger partial charge in [0.25, 0.3) is 5.91 Å². The fraction of sp³-hybridized carbons (Fsp3) is 0.462. The fourth-order valence-corrected chi connectivity index (χ4v) is 2.48. The molecule has 0 aliphatic carbocycles. The molecule has 1 rings (SSSR count). The molecule has 19 heavy (non-hydrogen) atoms. The van der Waals surface area contributed by atoms with Crippen LogP contribution in [0.4, 0.5) is 5.69 Å². The van der Waals surface area contributed by atoms with Gasteiger partial charge >= 0.3 is 0 Å². The monoisotopic (exact) mass is 282 g/mol. The standard InChI is InChI=1S/C13H18N2O3S/c1-7(16)5-10(17)15-8-6-9(13(2,3)4)19-11(8)12(14)18/h6H,5H2,1-4H3,(H2,14,18)(H,15,17). The summed E-state index contributed by atoms with van der Waals surface area (Å²) >= 11 is 1.26. The molecule has 0 aliphatic heterocycles. The third kappa shape index (κ3) is 4.17. The molecule has 0 aliphatic rings. The number of hydrogen-bond donors (Lipinski definition) is 2. The smallest absolute Gasteiger partial charge is 0.260 e. The quantitative estimate of drug-likeness (QED) is 0.828. The average Bonchev–Trinajstić information content (AvgIpc) is 2.59. The molecule has 0 spiro atoms. The van der Waals surface area contributed by atoms with Crippen molar-refractivity contribution in [1.82, 2.24) is 0 Å². The van der Waals surface area contributed by atoms with Gasteiger partial charge in [-0.1, -0.05) is 20.8 Å². The highest BCUT2D eigenvalue weighted by atomic mass is 32.1. The fourth-order valence-electron chi connectivity index (χ4n) is 1.46. The molecular weight excluding hydrogens is 264 g/mol. The van der Waals surface area contributed by atoms with Crippen LogP contribution in [-0.2, 0) is 15.0 Å². The van der Waals surface area contributed by atoms with Gasteiger partial charge in [0, 0.05) is 4.88 Å². The summed E-state index contributed by atoms with van der Waals surface area (Å²) in [6, 6.07) is 1.74. The number of anilines is 1. The molecule has 1 aromatic heterocycles. The zero-order valence-electron chi connectivity index (χ0n) is 11.5. The number of nitrogens with two attached hydrogens (primary N) is 1. The maximum Gasteiger partial charge on any atom is 0.260 e. The van der Waals surface area contributed by atoms with E-state index in [1.165, 1.54) is 18.3 Å². The Morgan fingerprint density at radius 2 is 1.89 bits per heavy atom. The summed E-state index contributed by atoms with van der Waals surface area (Å²) in [6.07, 6.45) is -0.209. The molecule has 0 saturated heterocycles. The Morgan fingerprint density at radius 1 is 1.32 bits per heavy atom. The third-order valence-electron chi connectivity index (χ3n) is 2.38. The van der Waals surface area contributed by atoms with Crippen LogP contribution in [0, 0.1) is 0 Å². The molecule has 5 nitrogen and oxygen atoms in total. The van der Waals surface area contributed by atoms with E-state index in [4.69, 9.17) is 5.73 Å². The number of rotatable bonds is 4. The number of primary amides is 1.